The summed E-state index contributed by atoms with van der Waals surface area (Å²) >= 11 is 0. The van der Waals surface area contributed by atoms with Crippen molar-refractivity contribution in [2.45, 2.75) is 5.92 Å². The van der Waals surface area contributed by atoms with Crippen LogP contribution in [-0.2, 0) is 4.74 Å². The van der Waals surface area contributed by atoms with Crippen molar-refractivity contribution in [1.82, 2.24) is 4.98 Å². The standard InChI is InChI=1S/C24H18N2O4/c27-23(28)20-12-25-22-11-14(9-10-19(20)22)26-24(29)30-13-21-17-7-3-1-5-15(17)16-6-2-4-8-18(16)21/h1-12,21,25H,13H2,(H,26,29)(H,27,28). The van der Waals surface area contributed by atoms with E-state index < -0.39 is 12.1 Å². The first-order valence-electron chi connectivity index (χ1n) is 9.58. The Hall–Kier alpha value is -4.06. The van der Waals surface area contributed by atoms with Crippen molar-refractivity contribution in [2.24, 2.45) is 0 Å². The second-order valence-corrected chi connectivity index (χ2v) is 7.22. The Bertz CT molecular complexity index is 1250. The van der Waals surface area contributed by atoms with E-state index in [4.69, 9.17) is 4.74 Å². The summed E-state index contributed by atoms with van der Waals surface area (Å²) in [6.45, 7) is 0.230. The highest BCUT2D eigenvalue weighted by atomic mass is 16.5. The molecule has 0 saturated heterocycles. The molecule has 0 aliphatic heterocycles. The zero-order valence-electron chi connectivity index (χ0n) is 15.9. The first kappa shape index (κ1) is 18.0. The summed E-state index contributed by atoms with van der Waals surface area (Å²) in [6.07, 6.45) is 0.880. The minimum atomic E-state index is -1.00. The van der Waals surface area contributed by atoms with Gasteiger partial charge in [-0.2, -0.15) is 0 Å². The van der Waals surface area contributed by atoms with Crippen molar-refractivity contribution in [3.8, 4) is 11.1 Å². The smallest absolute Gasteiger partial charge is 0.411 e. The first-order chi connectivity index (χ1) is 14.6. The van der Waals surface area contributed by atoms with Gasteiger partial charge in [0.1, 0.15) is 6.61 Å². The number of rotatable bonds is 4. The SMILES string of the molecule is O=C(Nc1ccc2c(C(=O)O)c[nH]c2c1)OCC1c2ccccc2-c2ccccc21. The number of carboxylic acid groups (broad SMARTS) is 1. The molecule has 4 aromatic rings. The molecule has 1 amide bonds. The molecule has 0 atom stereocenters. The summed E-state index contributed by atoms with van der Waals surface area (Å²) in [5.74, 6) is -1.01. The van der Waals surface area contributed by atoms with E-state index in [0.29, 0.717) is 16.6 Å². The van der Waals surface area contributed by atoms with Gasteiger partial charge in [0, 0.05) is 28.7 Å². The second-order valence-electron chi connectivity index (χ2n) is 7.22. The quantitative estimate of drug-likeness (QED) is 0.439. The number of carbonyl (C=O) groups is 2. The fraction of sp³-hybridized carbons (Fsp3) is 0.0833. The monoisotopic (exact) mass is 398 g/mol. The van der Waals surface area contributed by atoms with Crippen molar-refractivity contribution in [3.05, 3.63) is 89.6 Å². The van der Waals surface area contributed by atoms with Gasteiger partial charge in [-0.1, -0.05) is 48.5 Å². The predicted octanol–water partition coefficient (Wildman–Crippen LogP) is 5.23. The van der Waals surface area contributed by atoms with Crippen molar-refractivity contribution >= 4 is 28.7 Å². The molecule has 0 bridgehead atoms. The maximum absolute atomic E-state index is 12.4. The predicted molar refractivity (Wildman–Crippen MR) is 114 cm³/mol. The van der Waals surface area contributed by atoms with E-state index in [1.54, 1.807) is 18.2 Å². The lowest BCUT2D eigenvalue weighted by Crippen LogP contribution is -2.17. The van der Waals surface area contributed by atoms with Gasteiger partial charge in [-0.25, -0.2) is 9.59 Å². The van der Waals surface area contributed by atoms with E-state index in [9.17, 15) is 14.7 Å². The number of anilines is 1. The molecule has 3 N–H and O–H groups in total. The third-order valence-corrected chi connectivity index (χ3v) is 5.50. The maximum atomic E-state index is 12.4. The van der Waals surface area contributed by atoms with E-state index in [0.717, 1.165) is 11.1 Å². The molecule has 1 aliphatic rings. The van der Waals surface area contributed by atoms with Crippen molar-refractivity contribution < 1.29 is 19.4 Å². The third kappa shape index (κ3) is 2.99. The number of H-pyrrole nitrogens is 1. The molecule has 5 rings (SSSR count). The molecule has 0 radical (unpaired) electrons. The van der Waals surface area contributed by atoms with Gasteiger partial charge in [0.05, 0.1) is 5.56 Å². The Labute approximate surface area is 172 Å². The van der Waals surface area contributed by atoms with E-state index >= 15 is 0 Å². The number of benzene rings is 3. The zero-order chi connectivity index (χ0) is 20.7. The van der Waals surface area contributed by atoms with Gasteiger partial charge in [0.25, 0.3) is 0 Å². The van der Waals surface area contributed by atoms with Crippen molar-refractivity contribution in [1.29, 1.82) is 0 Å². The molecule has 148 valence electrons. The molecule has 0 spiro atoms. The summed E-state index contributed by atoms with van der Waals surface area (Å²) in [4.78, 5) is 26.5. The molecule has 3 aromatic carbocycles. The Balaban J connectivity index is 1.31. The molecular weight excluding hydrogens is 380 g/mol. The van der Waals surface area contributed by atoms with Crippen LogP contribution in [0.1, 0.15) is 27.4 Å². The summed E-state index contributed by atoms with van der Waals surface area (Å²) < 4.78 is 5.54. The lowest BCUT2D eigenvalue weighted by atomic mass is 9.98. The molecule has 0 unspecified atom stereocenters. The van der Waals surface area contributed by atoms with Gasteiger partial charge in [0.2, 0.25) is 0 Å². The van der Waals surface area contributed by atoms with Gasteiger partial charge in [-0.05, 0) is 40.5 Å². The van der Waals surface area contributed by atoms with Crippen LogP contribution in [-0.4, -0.2) is 28.8 Å². The number of aromatic nitrogens is 1. The number of carbonyl (C=O) groups excluding carboxylic acids is 1. The topological polar surface area (TPSA) is 91.4 Å². The fourth-order valence-corrected chi connectivity index (χ4v) is 4.13. The largest absolute Gasteiger partial charge is 0.478 e. The zero-order valence-corrected chi connectivity index (χ0v) is 15.9. The van der Waals surface area contributed by atoms with Crippen LogP contribution in [0, 0.1) is 0 Å². The highest BCUT2D eigenvalue weighted by molar-refractivity contribution is 6.04. The summed E-state index contributed by atoms with van der Waals surface area (Å²) in [5, 5.41) is 12.5. The number of amides is 1. The van der Waals surface area contributed by atoms with E-state index in [1.165, 1.54) is 17.3 Å². The van der Waals surface area contributed by atoms with Gasteiger partial charge in [-0.15, -0.1) is 0 Å². The number of ether oxygens (including phenoxy) is 1. The van der Waals surface area contributed by atoms with Crippen LogP contribution in [0.4, 0.5) is 10.5 Å². The third-order valence-electron chi connectivity index (χ3n) is 5.50. The number of aromatic amines is 1. The molecule has 0 saturated carbocycles. The van der Waals surface area contributed by atoms with Crippen molar-refractivity contribution in [2.75, 3.05) is 11.9 Å². The van der Waals surface area contributed by atoms with Crippen LogP contribution in [0.3, 0.4) is 0 Å². The van der Waals surface area contributed by atoms with Crippen LogP contribution >= 0.6 is 0 Å². The molecule has 1 aliphatic carbocycles. The lowest BCUT2D eigenvalue weighted by molar-refractivity contribution is 0.0699. The highest BCUT2D eigenvalue weighted by Crippen LogP contribution is 2.44. The Morgan fingerprint density at radius 1 is 0.967 bits per heavy atom. The summed E-state index contributed by atoms with van der Waals surface area (Å²) in [6, 6.07) is 21.3. The molecule has 0 fully saturated rings. The number of hydrogen-bond donors (Lipinski definition) is 3. The van der Waals surface area contributed by atoms with Crippen LogP contribution < -0.4 is 5.32 Å². The second kappa shape index (κ2) is 7.08. The lowest BCUT2D eigenvalue weighted by Gasteiger charge is -2.14. The maximum Gasteiger partial charge on any atom is 0.411 e. The van der Waals surface area contributed by atoms with Crippen molar-refractivity contribution in [3.63, 3.8) is 0 Å². The van der Waals surface area contributed by atoms with Crippen LogP contribution in [0.2, 0.25) is 0 Å². The summed E-state index contributed by atoms with van der Waals surface area (Å²) in [5.41, 5.74) is 6.00. The number of aromatic carboxylic acids is 1. The van der Waals surface area contributed by atoms with Gasteiger partial charge in [-0.3, -0.25) is 5.32 Å². The van der Waals surface area contributed by atoms with Gasteiger partial charge < -0.3 is 14.8 Å². The first-order valence-corrected chi connectivity index (χ1v) is 9.58. The minimum absolute atomic E-state index is 0.00726. The van der Waals surface area contributed by atoms with E-state index in [1.807, 2.05) is 24.3 Å². The average Bonchev–Trinajstić information content (AvgIpc) is 3.31. The Kier molecular flexibility index (Phi) is 4.25. The van der Waals surface area contributed by atoms with Gasteiger partial charge in [0.15, 0.2) is 0 Å². The minimum Gasteiger partial charge on any atom is -0.478 e. The fourth-order valence-electron chi connectivity index (χ4n) is 4.13. The number of carboxylic acids is 1. The molecule has 6 heteroatoms. The number of fused-ring (bicyclic) bond motifs is 4. The normalized spacial score (nSPS) is 12.4. The van der Waals surface area contributed by atoms with Crippen LogP contribution in [0.15, 0.2) is 72.9 Å². The summed E-state index contributed by atoms with van der Waals surface area (Å²) in [7, 11) is 0. The molecule has 30 heavy (non-hydrogen) atoms. The van der Waals surface area contributed by atoms with Crippen LogP contribution in [0.5, 0.6) is 0 Å². The molecule has 1 aromatic heterocycles. The van der Waals surface area contributed by atoms with Crippen LogP contribution in [0.25, 0.3) is 22.0 Å². The average molecular weight is 398 g/mol. The van der Waals surface area contributed by atoms with Gasteiger partial charge >= 0.3 is 12.1 Å². The van der Waals surface area contributed by atoms with E-state index in [-0.39, 0.29) is 18.1 Å². The number of hydrogen-bond acceptors (Lipinski definition) is 3. The Morgan fingerprint density at radius 3 is 2.30 bits per heavy atom. The Morgan fingerprint density at radius 2 is 1.63 bits per heavy atom. The molecule has 1 heterocycles. The molecule has 6 nitrogen and oxygen atoms in total. The van der Waals surface area contributed by atoms with E-state index in [2.05, 4.69) is 34.6 Å². The highest BCUT2D eigenvalue weighted by Gasteiger charge is 2.29. The number of nitrogens with one attached hydrogen (secondary N) is 2. The molecular formula is C24H18N2O4.